The van der Waals surface area contributed by atoms with Gasteiger partial charge < -0.3 is 14.8 Å². The number of hydrogen-bond acceptors (Lipinski definition) is 3. The first-order valence-electron chi connectivity index (χ1n) is 7.69. The van der Waals surface area contributed by atoms with E-state index in [-0.39, 0.29) is 5.91 Å². The Morgan fingerprint density at radius 3 is 2.74 bits per heavy atom. The Balaban J connectivity index is 1.59. The first kappa shape index (κ1) is 14.6. The molecule has 0 unspecified atom stereocenters. The van der Waals surface area contributed by atoms with Gasteiger partial charge in [-0.2, -0.15) is 0 Å². The number of benzene rings is 2. The number of hydrogen-bond donors (Lipinski definition) is 1. The number of rotatable bonds is 3. The third-order valence-electron chi connectivity index (χ3n) is 4.23. The van der Waals surface area contributed by atoms with Crippen molar-refractivity contribution in [3.63, 3.8) is 0 Å². The van der Waals surface area contributed by atoms with Crippen molar-refractivity contribution in [2.75, 3.05) is 18.5 Å². The van der Waals surface area contributed by atoms with E-state index in [4.69, 9.17) is 9.47 Å². The van der Waals surface area contributed by atoms with Crippen LogP contribution in [0.5, 0.6) is 11.5 Å². The van der Waals surface area contributed by atoms with Crippen molar-refractivity contribution in [3.05, 3.63) is 51.5 Å². The van der Waals surface area contributed by atoms with E-state index >= 15 is 0 Å². The van der Waals surface area contributed by atoms with Crippen LogP contribution in [0.4, 0.5) is 5.69 Å². The first-order chi connectivity index (χ1) is 11.2. The normalized spacial score (nSPS) is 14.7. The lowest BCUT2D eigenvalue weighted by Gasteiger charge is -2.13. The second-order valence-electron chi connectivity index (χ2n) is 5.75. The van der Waals surface area contributed by atoms with Crippen LogP contribution >= 0.6 is 15.9 Å². The zero-order valence-electron chi connectivity index (χ0n) is 12.5. The molecular weight excluding hydrogens is 358 g/mol. The number of amides is 1. The van der Waals surface area contributed by atoms with Gasteiger partial charge in [-0.25, -0.2) is 0 Å². The summed E-state index contributed by atoms with van der Waals surface area (Å²) in [6, 6.07) is 9.64. The maximum Gasteiger partial charge on any atom is 0.228 e. The van der Waals surface area contributed by atoms with Crippen LogP contribution in [0.15, 0.2) is 34.8 Å². The van der Waals surface area contributed by atoms with Crippen molar-refractivity contribution in [3.8, 4) is 11.5 Å². The number of carbonyl (C=O) groups is 1. The minimum atomic E-state index is -0.0367. The van der Waals surface area contributed by atoms with E-state index in [9.17, 15) is 4.79 Å². The number of halogens is 1. The lowest BCUT2D eigenvalue weighted by Crippen LogP contribution is -2.16. The van der Waals surface area contributed by atoms with Crippen molar-refractivity contribution in [1.29, 1.82) is 0 Å². The zero-order valence-corrected chi connectivity index (χ0v) is 14.1. The van der Waals surface area contributed by atoms with Crippen LogP contribution < -0.4 is 14.8 Å². The molecule has 118 valence electrons. The van der Waals surface area contributed by atoms with E-state index < -0.39 is 0 Å². The third-order valence-corrected chi connectivity index (χ3v) is 4.75. The molecule has 23 heavy (non-hydrogen) atoms. The van der Waals surface area contributed by atoms with Crippen LogP contribution in [0, 0.1) is 0 Å². The van der Waals surface area contributed by atoms with E-state index in [1.807, 2.05) is 24.3 Å². The number of carbonyl (C=O) groups excluding carboxylic acids is 1. The monoisotopic (exact) mass is 373 g/mol. The fourth-order valence-electron chi connectivity index (χ4n) is 3.17. The second-order valence-corrected chi connectivity index (χ2v) is 6.66. The highest BCUT2D eigenvalue weighted by Crippen LogP contribution is 2.40. The van der Waals surface area contributed by atoms with Gasteiger partial charge in [0.25, 0.3) is 0 Å². The molecule has 2 aliphatic rings. The molecule has 0 saturated carbocycles. The van der Waals surface area contributed by atoms with Gasteiger partial charge in [0.05, 0.1) is 19.6 Å². The Kier molecular flexibility index (Phi) is 3.73. The predicted molar refractivity (Wildman–Crippen MR) is 91.3 cm³/mol. The predicted octanol–water partition coefficient (Wildman–Crippen LogP) is 3.50. The highest BCUT2D eigenvalue weighted by atomic mass is 79.9. The Morgan fingerprint density at radius 1 is 1.13 bits per heavy atom. The molecule has 0 radical (unpaired) electrons. The van der Waals surface area contributed by atoms with Gasteiger partial charge in [0.15, 0.2) is 0 Å². The molecule has 0 fully saturated rings. The van der Waals surface area contributed by atoms with Crippen molar-refractivity contribution in [2.24, 2.45) is 0 Å². The average molecular weight is 374 g/mol. The molecule has 0 aliphatic carbocycles. The molecule has 0 bridgehead atoms. The van der Waals surface area contributed by atoms with Crippen LogP contribution in [-0.2, 0) is 24.1 Å². The summed E-state index contributed by atoms with van der Waals surface area (Å²) in [5.74, 6) is 1.77. The van der Waals surface area contributed by atoms with E-state index in [1.165, 1.54) is 0 Å². The molecule has 0 atom stereocenters. The smallest absolute Gasteiger partial charge is 0.228 e. The summed E-state index contributed by atoms with van der Waals surface area (Å²) >= 11 is 3.39. The molecule has 4 rings (SSSR count). The molecule has 1 amide bonds. The zero-order chi connectivity index (χ0) is 15.8. The number of nitrogens with one attached hydrogen (secondary N) is 1. The molecule has 4 nitrogen and oxygen atoms in total. The molecule has 0 spiro atoms. The minimum absolute atomic E-state index is 0.0367. The van der Waals surface area contributed by atoms with Gasteiger partial charge in [-0.1, -0.05) is 15.9 Å². The molecule has 2 heterocycles. The average Bonchev–Trinajstić information content (AvgIpc) is 3.18. The van der Waals surface area contributed by atoms with Gasteiger partial charge >= 0.3 is 0 Å². The Hall–Kier alpha value is -2.01. The lowest BCUT2D eigenvalue weighted by atomic mass is 9.97. The van der Waals surface area contributed by atoms with E-state index in [0.29, 0.717) is 19.6 Å². The fraction of sp³-hybridized carbons (Fsp3) is 0.278. The van der Waals surface area contributed by atoms with Gasteiger partial charge in [0, 0.05) is 39.7 Å². The van der Waals surface area contributed by atoms with Gasteiger partial charge in [0.1, 0.15) is 11.5 Å². The minimum Gasteiger partial charge on any atom is -0.493 e. The molecule has 0 saturated heterocycles. The molecule has 2 aromatic carbocycles. The number of anilines is 1. The van der Waals surface area contributed by atoms with Crippen molar-refractivity contribution < 1.29 is 14.3 Å². The Bertz CT molecular complexity index is 739. The maximum atomic E-state index is 12.4. The lowest BCUT2D eigenvalue weighted by molar-refractivity contribution is -0.115. The molecule has 2 aliphatic heterocycles. The van der Waals surface area contributed by atoms with Gasteiger partial charge in [-0.3, -0.25) is 4.79 Å². The third kappa shape index (κ3) is 2.81. The molecular formula is C18H16BrNO3. The molecule has 1 N–H and O–H groups in total. The molecule has 2 aromatic rings. The van der Waals surface area contributed by atoms with Gasteiger partial charge in [-0.05, 0) is 30.3 Å². The summed E-state index contributed by atoms with van der Waals surface area (Å²) in [4.78, 5) is 12.4. The van der Waals surface area contributed by atoms with Crippen molar-refractivity contribution in [2.45, 2.75) is 19.3 Å². The van der Waals surface area contributed by atoms with Gasteiger partial charge in [0.2, 0.25) is 5.91 Å². The summed E-state index contributed by atoms with van der Waals surface area (Å²) in [5, 5.41) is 2.94. The van der Waals surface area contributed by atoms with Crippen LogP contribution in [0.3, 0.4) is 0 Å². The summed E-state index contributed by atoms with van der Waals surface area (Å²) in [7, 11) is 0. The standard InChI is InChI=1S/C18H16BrNO3/c19-12-1-3-13(4-2-12)20-17(21)10-15-14-6-8-22-16(14)9-11-5-7-23-18(11)15/h1-4,9H,5-8,10H2,(H,20,21). The molecule has 5 heteroatoms. The summed E-state index contributed by atoms with van der Waals surface area (Å²) in [5.41, 5.74) is 4.05. The van der Waals surface area contributed by atoms with E-state index in [1.54, 1.807) is 0 Å². The quantitative estimate of drug-likeness (QED) is 0.895. The Morgan fingerprint density at radius 2 is 1.91 bits per heavy atom. The number of fused-ring (bicyclic) bond motifs is 2. The maximum absolute atomic E-state index is 12.4. The largest absolute Gasteiger partial charge is 0.493 e. The fourth-order valence-corrected chi connectivity index (χ4v) is 3.44. The van der Waals surface area contributed by atoms with Crippen LogP contribution in [-0.4, -0.2) is 19.1 Å². The van der Waals surface area contributed by atoms with Crippen molar-refractivity contribution in [1.82, 2.24) is 0 Å². The SMILES string of the molecule is O=C(Cc1c2c(cc3c1OCC3)OCC2)Nc1ccc(Br)cc1. The Labute approximate surface area is 142 Å². The van der Waals surface area contributed by atoms with E-state index in [0.717, 1.165) is 51.2 Å². The van der Waals surface area contributed by atoms with Gasteiger partial charge in [-0.15, -0.1) is 0 Å². The van der Waals surface area contributed by atoms with Crippen LogP contribution in [0.1, 0.15) is 16.7 Å². The van der Waals surface area contributed by atoms with Crippen LogP contribution in [0.25, 0.3) is 0 Å². The highest BCUT2D eigenvalue weighted by Gasteiger charge is 2.27. The summed E-state index contributed by atoms with van der Waals surface area (Å²) in [6.07, 6.45) is 2.03. The van der Waals surface area contributed by atoms with E-state index in [2.05, 4.69) is 27.3 Å². The second kappa shape index (κ2) is 5.89. The summed E-state index contributed by atoms with van der Waals surface area (Å²) < 4.78 is 12.5. The summed E-state index contributed by atoms with van der Waals surface area (Å²) in [6.45, 7) is 1.36. The number of ether oxygens (including phenoxy) is 2. The highest BCUT2D eigenvalue weighted by molar-refractivity contribution is 9.10. The molecule has 0 aromatic heterocycles. The first-order valence-corrected chi connectivity index (χ1v) is 8.48. The topological polar surface area (TPSA) is 47.6 Å². The van der Waals surface area contributed by atoms with Crippen LogP contribution in [0.2, 0.25) is 0 Å². The van der Waals surface area contributed by atoms with Crippen molar-refractivity contribution >= 4 is 27.5 Å².